The van der Waals surface area contributed by atoms with E-state index in [4.69, 9.17) is 30.5 Å². The quantitative estimate of drug-likeness (QED) is 0.436. The fourth-order valence-electron chi connectivity index (χ4n) is 4.10. The molecule has 8 nitrogen and oxygen atoms in total. The summed E-state index contributed by atoms with van der Waals surface area (Å²) in [5.74, 6) is 0.622. The van der Waals surface area contributed by atoms with Gasteiger partial charge in [0.05, 0.1) is 49.8 Å². The third-order valence-electron chi connectivity index (χ3n) is 5.71. The number of hydrogen-bond donors (Lipinski definition) is 0. The van der Waals surface area contributed by atoms with Crippen molar-refractivity contribution in [1.29, 1.82) is 0 Å². The molecule has 1 aliphatic rings. The molecule has 1 aromatic heterocycles. The van der Waals surface area contributed by atoms with E-state index in [1.165, 1.54) is 37.2 Å². The number of thiazole rings is 1. The number of esters is 1. The van der Waals surface area contributed by atoms with Crippen molar-refractivity contribution < 1.29 is 23.7 Å². The second-order valence-electron chi connectivity index (χ2n) is 7.78. The predicted molar refractivity (Wildman–Crippen MR) is 138 cm³/mol. The Morgan fingerprint density at radius 1 is 1.14 bits per heavy atom. The maximum atomic E-state index is 13.8. The molecule has 0 bridgehead atoms. The van der Waals surface area contributed by atoms with Crippen LogP contribution in [0.5, 0.6) is 17.2 Å². The molecule has 188 valence electrons. The van der Waals surface area contributed by atoms with Crippen molar-refractivity contribution in [3.05, 3.63) is 83.5 Å². The van der Waals surface area contributed by atoms with Crippen LogP contribution in [0.3, 0.4) is 0 Å². The van der Waals surface area contributed by atoms with E-state index in [0.29, 0.717) is 48.4 Å². The monoisotopic (exact) mass is 528 g/mol. The van der Waals surface area contributed by atoms with Crippen molar-refractivity contribution in [3.63, 3.8) is 0 Å². The first-order valence-electron chi connectivity index (χ1n) is 11.1. The van der Waals surface area contributed by atoms with Crippen molar-refractivity contribution in [1.82, 2.24) is 4.57 Å². The molecular weight excluding hydrogens is 504 g/mol. The Labute approximate surface area is 216 Å². The average molecular weight is 529 g/mol. The van der Waals surface area contributed by atoms with E-state index in [9.17, 15) is 9.59 Å². The summed E-state index contributed by atoms with van der Waals surface area (Å²) in [6.45, 7) is 3.62. The SMILES string of the molecule is CCOC(=O)C1=C(C)N=c2sc(=Cc3ccccc3Cl)c(=O)n2C1c1cc(OC)c(OC)c(OC)c1. The van der Waals surface area contributed by atoms with Gasteiger partial charge in [-0.15, -0.1) is 0 Å². The second-order valence-corrected chi connectivity index (χ2v) is 9.20. The van der Waals surface area contributed by atoms with Crippen LogP contribution >= 0.6 is 22.9 Å². The Kier molecular flexibility index (Phi) is 7.51. The van der Waals surface area contributed by atoms with Crippen LogP contribution in [-0.2, 0) is 9.53 Å². The summed E-state index contributed by atoms with van der Waals surface area (Å²) in [7, 11) is 4.51. The molecule has 2 aromatic carbocycles. The van der Waals surface area contributed by atoms with Gasteiger partial charge in [0.1, 0.15) is 0 Å². The molecule has 3 aromatic rings. The van der Waals surface area contributed by atoms with Gasteiger partial charge in [-0.05, 0) is 49.2 Å². The summed E-state index contributed by atoms with van der Waals surface area (Å²) < 4.78 is 23.8. The number of fused-ring (bicyclic) bond motifs is 1. The van der Waals surface area contributed by atoms with Gasteiger partial charge in [0.2, 0.25) is 5.75 Å². The van der Waals surface area contributed by atoms with Crippen LogP contribution < -0.4 is 29.1 Å². The van der Waals surface area contributed by atoms with E-state index < -0.39 is 12.0 Å². The van der Waals surface area contributed by atoms with E-state index in [1.54, 1.807) is 38.1 Å². The number of halogens is 1. The second kappa shape index (κ2) is 10.6. The van der Waals surface area contributed by atoms with Crippen molar-refractivity contribution in [2.45, 2.75) is 19.9 Å². The van der Waals surface area contributed by atoms with Crippen LogP contribution in [0.15, 0.2) is 57.5 Å². The maximum absolute atomic E-state index is 13.8. The van der Waals surface area contributed by atoms with E-state index >= 15 is 0 Å². The number of carbonyl (C=O) groups is 1. The minimum absolute atomic E-state index is 0.175. The topological polar surface area (TPSA) is 88.4 Å². The molecule has 36 heavy (non-hydrogen) atoms. The third kappa shape index (κ3) is 4.52. The number of allylic oxidation sites excluding steroid dienone is 1. The Morgan fingerprint density at radius 3 is 2.39 bits per heavy atom. The van der Waals surface area contributed by atoms with Gasteiger partial charge in [-0.1, -0.05) is 41.1 Å². The lowest BCUT2D eigenvalue weighted by Gasteiger charge is -2.26. The van der Waals surface area contributed by atoms with E-state index in [2.05, 4.69) is 4.99 Å². The summed E-state index contributed by atoms with van der Waals surface area (Å²) >= 11 is 7.55. The summed E-state index contributed by atoms with van der Waals surface area (Å²) in [5, 5.41) is 0.521. The number of carbonyl (C=O) groups excluding carboxylic acids is 1. The first kappa shape index (κ1) is 25.5. The summed E-state index contributed by atoms with van der Waals surface area (Å²) in [6.07, 6.45) is 1.72. The normalized spacial score (nSPS) is 15.3. The number of aromatic nitrogens is 1. The number of ether oxygens (including phenoxy) is 4. The number of methoxy groups -OCH3 is 3. The van der Waals surface area contributed by atoms with E-state index in [0.717, 1.165) is 0 Å². The summed E-state index contributed by atoms with van der Waals surface area (Å²) in [5.41, 5.74) is 1.68. The largest absolute Gasteiger partial charge is 0.493 e. The van der Waals surface area contributed by atoms with Crippen LogP contribution in [0.1, 0.15) is 31.0 Å². The van der Waals surface area contributed by atoms with Gasteiger partial charge in [0.15, 0.2) is 16.3 Å². The van der Waals surface area contributed by atoms with Crippen LogP contribution in [0.2, 0.25) is 5.02 Å². The number of rotatable bonds is 7. The Hall–Kier alpha value is -3.56. The van der Waals surface area contributed by atoms with Gasteiger partial charge < -0.3 is 18.9 Å². The molecule has 0 N–H and O–H groups in total. The lowest BCUT2D eigenvalue weighted by atomic mass is 9.95. The summed E-state index contributed by atoms with van der Waals surface area (Å²) in [4.78, 5) is 31.9. The predicted octanol–water partition coefficient (Wildman–Crippen LogP) is 3.48. The fourth-order valence-corrected chi connectivity index (χ4v) is 5.33. The molecule has 0 saturated carbocycles. The van der Waals surface area contributed by atoms with Crippen molar-refractivity contribution in [2.24, 2.45) is 4.99 Å². The molecule has 2 heterocycles. The zero-order chi connectivity index (χ0) is 26.0. The molecule has 1 atom stereocenters. The molecule has 1 aliphatic heterocycles. The van der Waals surface area contributed by atoms with Gasteiger partial charge >= 0.3 is 5.97 Å². The standard InChI is InChI=1S/C26H25ClN2O6S/c1-6-35-25(31)21-14(2)28-26-29(24(30)20(36-26)13-15-9-7-8-10-17(15)27)22(21)16-11-18(32-3)23(34-5)19(12-16)33-4/h7-13,22H,6H2,1-5H3. The molecule has 0 radical (unpaired) electrons. The van der Waals surface area contributed by atoms with Gasteiger partial charge in [-0.2, -0.15) is 0 Å². The Bertz CT molecular complexity index is 1510. The van der Waals surface area contributed by atoms with Gasteiger partial charge in [0.25, 0.3) is 5.56 Å². The van der Waals surface area contributed by atoms with Gasteiger partial charge in [0, 0.05) is 5.02 Å². The van der Waals surface area contributed by atoms with Crippen LogP contribution in [0.25, 0.3) is 6.08 Å². The van der Waals surface area contributed by atoms with Crippen molar-refractivity contribution in [2.75, 3.05) is 27.9 Å². The highest BCUT2D eigenvalue weighted by Gasteiger charge is 2.34. The molecule has 4 rings (SSSR count). The summed E-state index contributed by atoms with van der Waals surface area (Å²) in [6, 6.07) is 9.85. The molecule has 10 heteroatoms. The van der Waals surface area contributed by atoms with E-state index in [-0.39, 0.29) is 17.7 Å². The van der Waals surface area contributed by atoms with Crippen molar-refractivity contribution >= 4 is 35.0 Å². The molecule has 0 aliphatic carbocycles. The maximum Gasteiger partial charge on any atom is 0.338 e. The van der Waals surface area contributed by atoms with Crippen LogP contribution in [0.4, 0.5) is 0 Å². The minimum atomic E-state index is -0.831. The zero-order valence-electron chi connectivity index (χ0n) is 20.5. The number of nitrogens with zero attached hydrogens (tertiary/aromatic N) is 2. The molecule has 0 saturated heterocycles. The van der Waals surface area contributed by atoms with E-state index in [1.807, 2.05) is 18.2 Å². The zero-order valence-corrected chi connectivity index (χ0v) is 22.0. The minimum Gasteiger partial charge on any atom is -0.493 e. The van der Waals surface area contributed by atoms with Gasteiger partial charge in [-0.3, -0.25) is 9.36 Å². The molecule has 1 unspecified atom stereocenters. The highest BCUT2D eigenvalue weighted by Crippen LogP contribution is 2.42. The highest BCUT2D eigenvalue weighted by molar-refractivity contribution is 7.07. The van der Waals surface area contributed by atoms with Gasteiger partial charge in [-0.25, -0.2) is 9.79 Å². The lowest BCUT2D eigenvalue weighted by Crippen LogP contribution is -2.40. The lowest BCUT2D eigenvalue weighted by molar-refractivity contribution is -0.139. The fraction of sp³-hybridized carbons (Fsp3) is 0.269. The Balaban J connectivity index is 2.03. The third-order valence-corrected chi connectivity index (χ3v) is 7.04. The first-order chi connectivity index (χ1) is 17.3. The first-order valence-corrected chi connectivity index (χ1v) is 12.3. The van der Waals surface area contributed by atoms with Crippen LogP contribution in [-0.4, -0.2) is 38.5 Å². The average Bonchev–Trinajstić information content (AvgIpc) is 3.17. The van der Waals surface area contributed by atoms with Crippen LogP contribution in [0, 0.1) is 0 Å². The smallest absolute Gasteiger partial charge is 0.338 e. The molecular formula is C26H25ClN2O6S. The molecule has 0 spiro atoms. The van der Waals surface area contributed by atoms with Crippen molar-refractivity contribution in [3.8, 4) is 17.2 Å². The number of benzene rings is 2. The highest BCUT2D eigenvalue weighted by atomic mass is 35.5. The molecule has 0 amide bonds. The Morgan fingerprint density at radius 2 is 1.81 bits per heavy atom. The molecule has 0 fully saturated rings. The number of hydrogen-bond acceptors (Lipinski definition) is 8.